The molecule has 1 radical (unpaired) electrons. The van der Waals surface area contributed by atoms with E-state index >= 15 is 0 Å². The first-order valence-electron chi connectivity index (χ1n) is 6.24. The van der Waals surface area contributed by atoms with Crippen molar-refractivity contribution in [2.24, 2.45) is 0 Å². The Morgan fingerprint density at radius 2 is 1.88 bits per heavy atom. The number of rotatable bonds is 6. The van der Waals surface area contributed by atoms with E-state index in [1.807, 2.05) is 6.20 Å². The van der Waals surface area contributed by atoms with Gasteiger partial charge in [0.15, 0.2) is 0 Å². The van der Waals surface area contributed by atoms with Crippen molar-refractivity contribution in [3.63, 3.8) is 0 Å². The topological polar surface area (TPSA) is 28.7 Å². The Labute approximate surface area is 103 Å². The fraction of sp³-hybridized carbons (Fsp3) is 0.333. The molecule has 17 heavy (non-hydrogen) atoms. The summed E-state index contributed by atoms with van der Waals surface area (Å²) in [4.78, 5) is 7.73. The van der Waals surface area contributed by atoms with Gasteiger partial charge in [-0.15, -0.1) is 0 Å². The van der Waals surface area contributed by atoms with Gasteiger partial charge in [-0.05, 0) is 31.2 Å². The van der Waals surface area contributed by atoms with E-state index in [1.165, 1.54) is 11.3 Å². The molecule has 0 spiro atoms. The predicted octanol–water partition coefficient (Wildman–Crippen LogP) is 3.35. The van der Waals surface area contributed by atoms with Crippen molar-refractivity contribution in [3.8, 4) is 0 Å². The van der Waals surface area contributed by atoms with Gasteiger partial charge in [0.25, 0.3) is 0 Å². The Hall–Kier alpha value is -1.57. The van der Waals surface area contributed by atoms with Crippen LogP contribution in [0.5, 0.6) is 0 Å². The van der Waals surface area contributed by atoms with Crippen LogP contribution in [0.2, 0.25) is 0 Å². The zero-order valence-electron chi connectivity index (χ0n) is 10.2. The van der Waals surface area contributed by atoms with E-state index in [0.29, 0.717) is 0 Å². The number of imidazole rings is 1. The Kier molecular flexibility index (Phi) is 4.37. The molecule has 2 rings (SSSR count). The smallest absolute Gasteiger partial charge is 0.106 e. The fourth-order valence-corrected chi connectivity index (χ4v) is 1.95. The monoisotopic (exact) mass is 227 g/mol. The standard InChI is InChI=1S/C15H19N2/c1-2-7-14-12-16-15(17-14)11-6-10-13-8-4-3-5-9-13/h3-5,8-9,12H,1-2,6-7,10-11H2,(H,16,17). The molecule has 0 unspecified atom stereocenters. The second-order valence-electron chi connectivity index (χ2n) is 4.30. The summed E-state index contributed by atoms with van der Waals surface area (Å²) in [5.74, 6) is 1.10. The molecule has 1 heterocycles. The summed E-state index contributed by atoms with van der Waals surface area (Å²) in [7, 11) is 0. The lowest BCUT2D eigenvalue weighted by molar-refractivity contribution is 0.778. The van der Waals surface area contributed by atoms with Crippen molar-refractivity contribution in [1.82, 2.24) is 9.97 Å². The average molecular weight is 227 g/mol. The first-order valence-corrected chi connectivity index (χ1v) is 6.24. The van der Waals surface area contributed by atoms with Gasteiger partial charge in [0.2, 0.25) is 0 Å². The van der Waals surface area contributed by atoms with Gasteiger partial charge in [0.1, 0.15) is 5.82 Å². The van der Waals surface area contributed by atoms with Crippen LogP contribution in [0, 0.1) is 6.92 Å². The van der Waals surface area contributed by atoms with Crippen LogP contribution < -0.4 is 0 Å². The average Bonchev–Trinajstić information content (AvgIpc) is 2.79. The molecule has 2 nitrogen and oxygen atoms in total. The van der Waals surface area contributed by atoms with Gasteiger partial charge in [-0.2, -0.15) is 0 Å². The molecule has 0 bridgehead atoms. The van der Waals surface area contributed by atoms with Crippen LogP contribution in [0.4, 0.5) is 0 Å². The van der Waals surface area contributed by atoms with E-state index in [4.69, 9.17) is 0 Å². The van der Waals surface area contributed by atoms with Gasteiger partial charge in [0.05, 0.1) is 0 Å². The number of benzene rings is 1. The summed E-state index contributed by atoms with van der Waals surface area (Å²) in [6.45, 7) is 3.84. The van der Waals surface area contributed by atoms with Crippen LogP contribution >= 0.6 is 0 Å². The van der Waals surface area contributed by atoms with Gasteiger partial charge in [-0.25, -0.2) is 4.98 Å². The zero-order valence-corrected chi connectivity index (χ0v) is 10.2. The number of aryl methyl sites for hydroxylation is 3. The molecule has 0 saturated heterocycles. The van der Waals surface area contributed by atoms with Gasteiger partial charge < -0.3 is 4.98 Å². The van der Waals surface area contributed by atoms with Crippen molar-refractivity contribution >= 4 is 0 Å². The SMILES string of the molecule is [CH2]CCc1cnc(CCCc2ccccc2)[nH]1. The minimum Gasteiger partial charge on any atom is -0.346 e. The molecule has 1 aromatic carbocycles. The molecular formula is C15H19N2. The lowest BCUT2D eigenvalue weighted by atomic mass is 10.1. The van der Waals surface area contributed by atoms with Crippen molar-refractivity contribution in [3.05, 3.63) is 60.5 Å². The van der Waals surface area contributed by atoms with Crippen molar-refractivity contribution < 1.29 is 0 Å². The van der Waals surface area contributed by atoms with Crippen LogP contribution in [0.3, 0.4) is 0 Å². The molecule has 2 aromatic rings. The number of H-pyrrole nitrogens is 1. The molecule has 0 saturated carbocycles. The van der Waals surface area contributed by atoms with Crippen LogP contribution in [-0.4, -0.2) is 9.97 Å². The number of aromatic amines is 1. The summed E-state index contributed by atoms with van der Waals surface area (Å²) in [6.07, 6.45) is 7.12. The first-order chi connectivity index (χ1) is 8.38. The molecule has 1 aromatic heterocycles. The zero-order chi connectivity index (χ0) is 11.9. The Balaban J connectivity index is 1.78. The van der Waals surface area contributed by atoms with Crippen molar-refractivity contribution in [1.29, 1.82) is 0 Å². The third-order valence-corrected chi connectivity index (χ3v) is 2.85. The van der Waals surface area contributed by atoms with Crippen LogP contribution in [-0.2, 0) is 19.3 Å². The van der Waals surface area contributed by atoms with Crippen LogP contribution in [0.15, 0.2) is 36.5 Å². The minimum absolute atomic E-state index is 0.922. The van der Waals surface area contributed by atoms with E-state index < -0.39 is 0 Å². The van der Waals surface area contributed by atoms with Gasteiger partial charge in [0, 0.05) is 18.3 Å². The third kappa shape index (κ3) is 3.74. The number of hydrogen-bond acceptors (Lipinski definition) is 1. The van der Waals surface area contributed by atoms with Crippen molar-refractivity contribution in [2.75, 3.05) is 0 Å². The van der Waals surface area contributed by atoms with E-state index in [2.05, 4.69) is 47.2 Å². The maximum absolute atomic E-state index is 4.38. The molecule has 2 heteroatoms. The van der Waals surface area contributed by atoms with Crippen LogP contribution in [0.1, 0.15) is 29.9 Å². The van der Waals surface area contributed by atoms with Crippen LogP contribution in [0.25, 0.3) is 0 Å². The Bertz CT molecular complexity index is 431. The highest BCUT2D eigenvalue weighted by atomic mass is 14.9. The summed E-state index contributed by atoms with van der Waals surface area (Å²) in [5, 5.41) is 0. The lowest BCUT2D eigenvalue weighted by Gasteiger charge is -1.99. The molecule has 0 amide bonds. The maximum atomic E-state index is 4.38. The van der Waals surface area contributed by atoms with E-state index in [0.717, 1.165) is 37.9 Å². The summed E-state index contributed by atoms with van der Waals surface area (Å²) in [5.41, 5.74) is 2.60. The molecule has 1 N–H and O–H groups in total. The summed E-state index contributed by atoms with van der Waals surface area (Å²) in [6, 6.07) is 10.6. The van der Waals surface area contributed by atoms with E-state index in [1.54, 1.807) is 0 Å². The molecule has 0 atom stereocenters. The summed E-state index contributed by atoms with van der Waals surface area (Å²) >= 11 is 0. The second kappa shape index (κ2) is 6.24. The molecule has 89 valence electrons. The van der Waals surface area contributed by atoms with E-state index in [9.17, 15) is 0 Å². The number of hydrogen-bond donors (Lipinski definition) is 1. The van der Waals surface area contributed by atoms with Gasteiger partial charge >= 0.3 is 0 Å². The van der Waals surface area contributed by atoms with Gasteiger partial charge in [-0.3, -0.25) is 0 Å². The number of nitrogens with zero attached hydrogens (tertiary/aromatic N) is 1. The molecule has 0 fully saturated rings. The Morgan fingerprint density at radius 1 is 1.06 bits per heavy atom. The lowest BCUT2D eigenvalue weighted by Crippen LogP contribution is -1.92. The Morgan fingerprint density at radius 3 is 2.65 bits per heavy atom. The normalized spacial score (nSPS) is 10.6. The highest BCUT2D eigenvalue weighted by molar-refractivity contribution is 5.14. The highest BCUT2D eigenvalue weighted by Gasteiger charge is 2.00. The molecule has 0 aliphatic rings. The largest absolute Gasteiger partial charge is 0.346 e. The fourth-order valence-electron chi connectivity index (χ4n) is 1.95. The number of nitrogens with one attached hydrogen (secondary N) is 1. The first kappa shape index (κ1) is 11.9. The van der Waals surface area contributed by atoms with Crippen molar-refractivity contribution in [2.45, 2.75) is 32.1 Å². The van der Waals surface area contributed by atoms with E-state index in [-0.39, 0.29) is 0 Å². The third-order valence-electron chi connectivity index (χ3n) is 2.85. The minimum atomic E-state index is 0.922. The highest BCUT2D eigenvalue weighted by Crippen LogP contribution is 2.07. The molecular weight excluding hydrogens is 208 g/mol. The second-order valence-corrected chi connectivity index (χ2v) is 4.30. The summed E-state index contributed by atoms with van der Waals surface area (Å²) < 4.78 is 0. The number of aromatic nitrogens is 2. The molecule has 0 aliphatic carbocycles. The predicted molar refractivity (Wildman–Crippen MR) is 70.7 cm³/mol. The van der Waals surface area contributed by atoms with Gasteiger partial charge in [-0.1, -0.05) is 37.3 Å². The molecule has 0 aliphatic heterocycles. The maximum Gasteiger partial charge on any atom is 0.106 e. The quantitative estimate of drug-likeness (QED) is 0.805.